The quantitative estimate of drug-likeness (QED) is 0.271. The first kappa shape index (κ1) is 27.2. The Bertz CT molecular complexity index is 1510. The Kier molecular flexibility index (Phi) is 9.02. The third kappa shape index (κ3) is 7.35. The molecule has 0 fully saturated rings. The maximum absolute atomic E-state index is 13.6. The largest absolute Gasteiger partial charge is 0.326 e. The van der Waals surface area contributed by atoms with Crippen molar-refractivity contribution < 1.29 is 13.2 Å². The minimum Gasteiger partial charge on any atom is -0.326 e. The van der Waals surface area contributed by atoms with Crippen LogP contribution in [0.1, 0.15) is 22.4 Å². The van der Waals surface area contributed by atoms with E-state index < -0.39 is 10.0 Å². The van der Waals surface area contributed by atoms with E-state index in [2.05, 4.69) is 15.3 Å². The highest BCUT2D eigenvalue weighted by Crippen LogP contribution is 2.22. The summed E-state index contributed by atoms with van der Waals surface area (Å²) >= 11 is 6.00. The second kappa shape index (κ2) is 12.6. The number of hydrogen-bond donors (Lipinski definition) is 1. The molecule has 38 heavy (non-hydrogen) atoms. The molecule has 0 radical (unpaired) electrons. The average molecular weight is 547 g/mol. The summed E-state index contributed by atoms with van der Waals surface area (Å²) in [6.45, 7) is 0.243. The summed E-state index contributed by atoms with van der Waals surface area (Å²) in [5, 5.41) is 3.45. The molecule has 0 unspecified atom stereocenters. The van der Waals surface area contributed by atoms with E-state index in [4.69, 9.17) is 11.6 Å². The summed E-state index contributed by atoms with van der Waals surface area (Å²) in [5.74, 6) is -0.170. The van der Waals surface area contributed by atoms with Gasteiger partial charge in [0.05, 0.1) is 23.6 Å². The van der Waals surface area contributed by atoms with E-state index in [0.29, 0.717) is 16.4 Å². The number of carbonyl (C=O) groups is 1. The van der Waals surface area contributed by atoms with Gasteiger partial charge in [0.2, 0.25) is 15.9 Å². The average Bonchev–Trinajstić information content (AvgIpc) is 2.90. The molecule has 4 aromatic rings. The first-order chi connectivity index (χ1) is 18.3. The first-order valence-corrected chi connectivity index (χ1v) is 13.7. The predicted molar refractivity (Wildman–Crippen MR) is 151 cm³/mol. The Morgan fingerprint density at radius 2 is 1.71 bits per heavy atom. The first-order valence-electron chi connectivity index (χ1n) is 11.9. The fraction of sp³-hybridized carbons (Fsp3) is 0.138. The number of aliphatic imine (C=N–C) groups is 1. The number of hydrogen-bond acceptors (Lipinski definition) is 5. The third-order valence-corrected chi connectivity index (χ3v) is 7.75. The molecule has 4 rings (SSSR count). The van der Waals surface area contributed by atoms with Crippen molar-refractivity contribution in [1.29, 1.82) is 0 Å². The van der Waals surface area contributed by atoms with Gasteiger partial charge in [0.15, 0.2) is 0 Å². The van der Waals surface area contributed by atoms with Crippen molar-refractivity contribution in [3.63, 3.8) is 0 Å². The highest BCUT2D eigenvalue weighted by Gasteiger charge is 2.25. The fourth-order valence-electron chi connectivity index (χ4n) is 3.86. The van der Waals surface area contributed by atoms with Gasteiger partial charge < -0.3 is 5.32 Å². The summed E-state index contributed by atoms with van der Waals surface area (Å²) in [7, 11) is -2.17. The van der Waals surface area contributed by atoms with Crippen molar-refractivity contribution in [2.24, 2.45) is 4.99 Å². The van der Waals surface area contributed by atoms with Gasteiger partial charge in [-0.3, -0.25) is 14.8 Å². The van der Waals surface area contributed by atoms with E-state index in [1.54, 1.807) is 98.3 Å². The molecule has 1 aromatic heterocycles. The van der Waals surface area contributed by atoms with Crippen molar-refractivity contribution in [3.8, 4) is 0 Å². The van der Waals surface area contributed by atoms with E-state index in [0.717, 1.165) is 16.7 Å². The Hall–Kier alpha value is -3.85. The molecule has 7 nitrogen and oxygen atoms in total. The van der Waals surface area contributed by atoms with Gasteiger partial charge >= 0.3 is 0 Å². The third-order valence-electron chi connectivity index (χ3n) is 5.71. The summed E-state index contributed by atoms with van der Waals surface area (Å²) < 4.78 is 28.6. The molecule has 1 N–H and O–H groups in total. The number of amides is 1. The second-order valence-corrected chi connectivity index (χ2v) is 11.0. The van der Waals surface area contributed by atoms with Crippen molar-refractivity contribution in [3.05, 3.63) is 125 Å². The minimum absolute atomic E-state index is 0.111. The summed E-state index contributed by atoms with van der Waals surface area (Å²) in [5.41, 5.74) is 3.66. The molecule has 0 spiro atoms. The van der Waals surface area contributed by atoms with Gasteiger partial charge in [0.25, 0.3) is 0 Å². The highest BCUT2D eigenvalue weighted by atomic mass is 35.5. The molecule has 9 heteroatoms. The van der Waals surface area contributed by atoms with Crippen LogP contribution in [-0.4, -0.2) is 36.9 Å². The predicted octanol–water partition coefficient (Wildman–Crippen LogP) is 5.36. The molecule has 0 bridgehead atoms. The van der Waals surface area contributed by atoms with Crippen LogP contribution in [0.2, 0.25) is 5.02 Å². The smallest absolute Gasteiger partial charge is 0.243 e. The lowest BCUT2D eigenvalue weighted by atomic mass is 10.1. The number of nitrogens with zero attached hydrogens (tertiary/aromatic N) is 3. The highest BCUT2D eigenvalue weighted by molar-refractivity contribution is 7.89. The molecule has 0 aliphatic rings. The molecule has 1 amide bonds. The Morgan fingerprint density at radius 3 is 2.37 bits per heavy atom. The number of pyridine rings is 1. The number of nitrogens with one attached hydrogen (secondary N) is 1. The summed E-state index contributed by atoms with van der Waals surface area (Å²) in [6.07, 6.45) is 3.50. The topological polar surface area (TPSA) is 91.7 Å². The number of aromatic nitrogens is 1. The van der Waals surface area contributed by atoms with Crippen LogP contribution in [0.15, 0.2) is 107 Å². The standard InChI is InChI=1S/C29H27ClN4O3S/c1-31-19-22-10-14-28(15-11-22)38(36,37)34(21-27-7-2-3-16-32-27)20-23-8-12-26(13-9-23)33-29(35)18-24-5-4-6-25(30)17-24/h2-17,19H,18,20-21H2,1H3,(H,33,35). The molecule has 194 valence electrons. The normalized spacial score (nSPS) is 11.7. The van der Waals surface area contributed by atoms with Crippen molar-refractivity contribution >= 4 is 39.4 Å². The van der Waals surface area contributed by atoms with Crippen molar-refractivity contribution in [2.75, 3.05) is 12.4 Å². The number of rotatable bonds is 10. The Labute approximate surface area is 227 Å². The van der Waals surface area contributed by atoms with Crippen LogP contribution in [-0.2, 0) is 34.3 Å². The molecule has 0 aliphatic heterocycles. The van der Waals surface area contributed by atoms with Crippen LogP contribution in [0, 0.1) is 0 Å². The van der Waals surface area contributed by atoms with Gasteiger partial charge in [-0.25, -0.2) is 8.42 Å². The van der Waals surface area contributed by atoms with Gasteiger partial charge in [-0.05, 0) is 65.2 Å². The van der Waals surface area contributed by atoms with Gasteiger partial charge in [-0.15, -0.1) is 0 Å². The number of halogens is 1. The maximum atomic E-state index is 13.6. The molecular formula is C29H27ClN4O3S. The zero-order valence-electron chi connectivity index (χ0n) is 20.8. The van der Waals surface area contributed by atoms with Crippen LogP contribution >= 0.6 is 11.6 Å². The monoisotopic (exact) mass is 546 g/mol. The fourth-order valence-corrected chi connectivity index (χ4v) is 5.47. The zero-order chi connectivity index (χ0) is 27.0. The number of sulfonamides is 1. The number of benzene rings is 3. The molecule has 0 saturated carbocycles. The SMILES string of the molecule is CN=Cc1ccc(S(=O)(=O)N(Cc2ccc(NC(=O)Cc3cccc(Cl)c3)cc2)Cc2ccccn2)cc1. The molecule has 3 aromatic carbocycles. The number of carbonyl (C=O) groups excluding carboxylic acids is 1. The summed E-state index contributed by atoms with van der Waals surface area (Å²) in [6, 6.07) is 26.3. The lowest BCUT2D eigenvalue weighted by Crippen LogP contribution is -2.30. The molecule has 0 saturated heterocycles. The maximum Gasteiger partial charge on any atom is 0.243 e. The zero-order valence-corrected chi connectivity index (χ0v) is 22.4. The van der Waals surface area contributed by atoms with Gasteiger partial charge in [0.1, 0.15) is 0 Å². The minimum atomic E-state index is -3.83. The van der Waals surface area contributed by atoms with Gasteiger partial charge in [-0.2, -0.15) is 4.31 Å². The van der Waals surface area contributed by atoms with Crippen LogP contribution in [0.4, 0.5) is 5.69 Å². The van der Waals surface area contributed by atoms with Crippen LogP contribution in [0.5, 0.6) is 0 Å². The van der Waals surface area contributed by atoms with Crippen molar-refractivity contribution in [2.45, 2.75) is 24.4 Å². The molecule has 1 heterocycles. The van der Waals surface area contributed by atoms with E-state index in [1.165, 1.54) is 4.31 Å². The Morgan fingerprint density at radius 1 is 0.947 bits per heavy atom. The van der Waals surface area contributed by atoms with Crippen LogP contribution in [0.3, 0.4) is 0 Å². The Balaban J connectivity index is 1.50. The van der Waals surface area contributed by atoms with E-state index in [1.807, 2.05) is 12.1 Å². The van der Waals surface area contributed by atoms with Gasteiger partial charge in [-0.1, -0.05) is 54.1 Å². The number of anilines is 1. The lowest BCUT2D eigenvalue weighted by Gasteiger charge is -2.22. The lowest BCUT2D eigenvalue weighted by molar-refractivity contribution is -0.115. The second-order valence-electron chi connectivity index (χ2n) is 8.60. The molecule has 0 aliphatic carbocycles. The van der Waals surface area contributed by atoms with Crippen molar-refractivity contribution in [1.82, 2.24) is 9.29 Å². The van der Waals surface area contributed by atoms with Crippen LogP contribution < -0.4 is 5.32 Å². The van der Waals surface area contributed by atoms with E-state index in [-0.39, 0.29) is 30.3 Å². The van der Waals surface area contributed by atoms with E-state index in [9.17, 15) is 13.2 Å². The van der Waals surface area contributed by atoms with Crippen LogP contribution in [0.25, 0.3) is 0 Å². The molecule has 0 atom stereocenters. The molecular weight excluding hydrogens is 520 g/mol. The van der Waals surface area contributed by atoms with Gasteiger partial charge in [0, 0.05) is 36.7 Å². The van der Waals surface area contributed by atoms with E-state index >= 15 is 0 Å². The summed E-state index contributed by atoms with van der Waals surface area (Å²) in [4.78, 5) is 20.9.